The second kappa shape index (κ2) is 6.32. The van der Waals surface area contributed by atoms with Crippen LogP contribution in [0.1, 0.15) is 16.7 Å². The fourth-order valence-corrected chi connectivity index (χ4v) is 3.15. The van der Waals surface area contributed by atoms with Gasteiger partial charge in [0.1, 0.15) is 5.03 Å². The number of aryl methyl sites for hydroxylation is 2. The molecular formula is C17H14F3N3S. The molecule has 0 aliphatic rings. The molecule has 0 saturated carbocycles. The van der Waals surface area contributed by atoms with Gasteiger partial charge in [0.25, 0.3) is 0 Å². The molecule has 0 N–H and O–H groups in total. The minimum absolute atomic E-state index is 0.483. The Labute approximate surface area is 141 Å². The highest BCUT2D eigenvalue weighted by atomic mass is 32.2. The van der Waals surface area contributed by atoms with E-state index in [-0.39, 0.29) is 0 Å². The van der Waals surface area contributed by atoms with Crippen LogP contribution < -0.4 is 0 Å². The number of aromatic nitrogens is 3. The van der Waals surface area contributed by atoms with Crippen molar-refractivity contribution in [3.05, 3.63) is 65.4 Å². The Morgan fingerprint density at radius 1 is 0.958 bits per heavy atom. The lowest BCUT2D eigenvalue weighted by atomic mass is 10.2. The molecule has 0 radical (unpaired) electrons. The van der Waals surface area contributed by atoms with Gasteiger partial charge in [-0.3, -0.25) is 0 Å². The van der Waals surface area contributed by atoms with Crippen molar-refractivity contribution in [3.8, 4) is 5.69 Å². The van der Waals surface area contributed by atoms with Crippen molar-refractivity contribution >= 4 is 11.8 Å². The van der Waals surface area contributed by atoms with Crippen LogP contribution in [0.25, 0.3) is 5.69 Å². The monoisotopic (exact) mass is 349 g/mol. The Hall–Kier alpha value is -2.28. The molecule has 0 unspecified atom stereocenters. The number of halogens is 3. The lowest BCUT2D eigenvalue weighted by molar-refractivity contribution is -0.137. The van der Waals surface area contributed by atoms with E-state index < -0.39 is 11.7 Å². The van der Waals surface area contributed by atoms with Crippen LogP contribution in [0.4, 0.5) is 13.2 Å². The van der Waals surface area contributed by atoms with Gasteiger partial charge in [-0.05, 0) is 49.2 Å². The van der Waals surface area contributed by atoms with Crippen LogP contribution in [-0.4, -0.2) is 15.0 Å². The Balaban J connectivity index is 1.83. The third-order valence-corrected chi connectivity index (χ3v) is 4.76. The Morgan fingerprint density at radius 3 is 2.17 bits per heavy atom. The molecule has 124 valence electrons. The van der Waals surface area contributed by atoms with Crippen molar-refractivity contribution in [1.82, 2.24) is 15.0 Å². The van der Waals surface area contributed by atoms with Crippen LogP contribution in [-0.2, 0) is 6.18 Å². The standard InChI is InChI=1S/C17H14F3N3S/c1-11-4-3-5-12(2)16(11)24-15-10-21-23(22-15)14-8-6-13(7-9-14)17(18,19)20/h3-10H,1-2H3. The van der Waals surface area contributed by atoms with E-state index in [1.807, 2.05) is 32.0 Å². The maximum Gasteiger partial charge on any atom is 0.416 e. The number of hydrogen-bond donors (Lipinski definition) is 0. The van der Waals surface area contributed by atoms with E-state index in [2.05, 4.69) is 10.2 Å². The summed E-state index contributed by atoms with van der Waals surface area (Å²) in [6.07, 6.45) is -2.74. The zero-order valence-corrected chi connectivity index (χ0v) is 13.8. The topological polar surface area (TPSA) is 30.7 Å². The summed E-state index contributed by atoms with van der Waals surface area (Å²) in [6, 6.07) is 10.8. The predicted octanol–water partition coefficient (Wildman–Crippen LogP) is 5.05. The molecule has 1 heterocycles. The summed E-state index contributed by atoms with van der Waals surface area (Å²) in [5.74, 6) is 0. The maximum atomic E-state index is 12.6. The molecule has 0 saturated heterocycles. The average Bonchev–Trinajstić information content (AvgIpc) is 2.99. The van der Waals surface area contributed by atoms with Crippen molar-refractivity contribution in [2.45, 2.75) is 29.9 Å². The van der Waals surface area contributed by atoms with Gasteiger partial charge < -0.3 is 0 Å². The van der Waals surface area contributed by atoms with Gasteiger partial charge in [-0.2, -0.15) is 23.1 Å². The van der Waals surface area contributed by atoms with Crippen LogP contribution in [0.5, 0.6) is 0 Å². The molecule has 0 amide bonds. The third kappa shape index (κ3) is 3.46. The summed E-state index contributed by atoms with van der Waals surface area (Å²) in [5, 5.41) is 9.16. The fourth-order valence-electron chi connectivity index (χ4n) is 2.27. The van der Waals surface area contributed by atoms with Crippen LogP contribution in [0.2, 0.25) is 0 Å². The van der Waals surface area contributed by atoms with Crippen molar-refractivity contribution < 1.29 is 13.2 Å². The first-order chi connectivity index (χ1) is 11.3. The highest BCUT2D eigenvalue weighted by molar-refractivity contribution is 7.99. The first kappa shape index (κ1) is 16.6. The summed E-state index contributed by atoms with van der Waals surface area (Å²) in [7, 11) is 0. The lowest BCUT2D eigenvalue weighted by Crippen LogP contribution is -2.05. The van der Waals surface area contributed by atoms with Gasteiger partial charge in [0, 0.05) is 4.90 Å². The van der Waals surface area contributed by atoms with Crippen molar-refractivity contribution in [1.29, 1.82) is 0 Å². The van der Waals surface area contributed by atoms with E-state index in [0.717, 1.165) is 28.2 Å². The molecular weight excluding hydrogens is 335 g/mol. The van der Waals surface area contributed by atoms with Crippen LogP contribution in [0, 0.1) is 13.8 Å². The van der Waals surface area contributed by atoms with Crippen molar-refractivity contribution in [3.63, 3.8) is 0 Å². The van der Waals surface area contributed by atoms with Crippen LogP contribution in [0.15, 0.2) is 58.6 Å². The predicted molar refractivity (Wildman–Crippen MR) is 86.4 cm³/mol. The normalized spacial score (nSPS) is 11.7. The zero-order valence-electron chi connectivity index (χ0n) is 13.0. The SMILES string of the molecule is Cc1cccc(C)c1Sc1cnn(-c2ccc(C(F)(F)F)cc2)n1. The molecule has 2 aromatic carbocycles. The molecule has 0 aliphatic heterocycles. The zero-order chi connectivity index (χ0) is 17.3. The molecule has 3 aromatic rings. The molecule has 0 atom stereocenters. The Morgan fingerprint density at radius 2 is 1.58 bits per heavy atom. The quantitative estimate of drug-likeness (QED) is 0.663. The number of alkyl halides is 3. The van der Waals surface area contributed by atoms with Gasteiger partial charge in [-0.25, -0.2) is 0 Å². The van der Waals surface area contributed by atoms with Crippen LogP contribution in [0.3, 0.4) is 0 Å². The first-order valence-corrected chi connectivity index (χ1v) is 8.00. The lowest BCUT2D eigenvalue weighted by Gasteiger charge is -2.07. The largest absolute Gasteiger partial charge is 0.416 e. The van der Waals surface area contributed by atoms with E-state index >= 15 is 0 Å². The second-order valence-electron chi connectivity index (χ2n) is 5.34. The fraction of sp³-hybridized carbons (Fsp3) is 0.176. The summed E-state index contributed by atoms with van der Waals surface area (Å²) < 4.78 is 37.8. The highest BCUT2D eigenvalue weighted by Gasteiger charge is 2.30. The van der Waals surface area contributed by atoms with E-state index in [1.165, 1.54) is 28.7 Å². The number of hydrogen-bond acceptors (Lipinski definition) is 3. The Bertz CT molecular complexity index is 834. The number of nitrogens with zero attached hydrogens (tertiary/aromatic N) is 3. The maximum absolute atomic E-state index is 12.6. The molecule has 0 spiro atoms. The van der Waals surface area contributed by atoms with Gasteiger partial charge in [0.05, 0.1) is 17.4 Å². The molecule has 0 aliphatic carbocycles. The summed E-state index contributed by atoms with van der Waals surface area (Å²) in [6.45, 7) is 4.05. The molecule has 3 nitrogen and oxygen atoms in total. The third-order valence-electron chi connectivity index (χ3n) is 3.51. The average molecular weight is 349 g/mol. The van der Waals surface area contributed by atoms with Crippen LogP contribution >= 0.6 is 11.8 Å². The molecule has 3 rings (SSSR count). The second-order valence-corrected chi connectivity index (χ2v) is 6.37. The smallest absolute Gasteiger partial charge is 0.166 e. The number of benzene rings is 2. The minimum Gasteiger partial charge on any atom is -0.166 e. The van der Waals surface area contributed by atoms with Gasteiger partial charge >= 0.3 is 6.18 Å². The van der Waals surface area contributed by atoms with Crippen molar-refractivity contribution in [2.75, 3.05) is 0 Å². The van der Waals surface area contributed by atoms with Crippen molar-refractivity contribution in [2.24, 2.45) is 0 Å². The van der Waals surface area contributed by atoms with Gasteiger partial charge in [-0.15, -0.1) is 5.10 Å². The van der Waals surface area contributed by atoms with Gasteiger partial charge in [0.2, 0.25) is 0 Å². The summed E-state index contributed by atoms with van der Waals surface area (Å²) in [5.41, 5.74) is 2.08. The highest BCUT2D eigenvalue weighted by Crippen LogP contribution is 2.32. The van der Waals surface area contributed by atoms with E-state index in [4.69, 9.17) is 0 Å². The first-order valence-electron chi connectivity index (χ1n) is 7.18. The van der Waals surface area contributed by atoms with E-state index in [1.54, 1.807) is 6.20 Å². The molecule has 0 bridgehead atoms. The molecule has 0 fully saturated rings. The van der Waals surface area contributed by atoms with Gasteiger partial charge in [-0.1, -0.05) is 30.0 Å². The summed E-state index contributed by atoms with van der Waals surface area (Å²) >= 11 is 1.49. The molecule has 1 aromatic heterocycles. The summed E-state index contributed by atoms with van der Waals surface area (Å²) in [4.78, 5) is 2.44. The van der Waals surface area contributed by atoms with E-state index in [0.29, 0.717) is 10.7 Å². The van der Waals surface area contributed by atoms with E-state index in [9.17, 15) is 13.2 Å². The minimum atomic E-state index is -4.35. The molecule has 24 heavy (non-hydrogen) atoms. The Kier molecular flexibility index (Phi) is 4.36. The van der Waals surface area contributed by atoms with Gasteiger partial charge in [0.15, 0.2) is 0 Å². The number of rotatable bonds is 3. The molecule has 7 heteroatoms.